The van der Waals surface area contributed by atoms with E-state index >= 15 is 0 Å². The molecule has 1 aliphatic heterocycles. The predicted octanol–water partition coefficient (Wildman–Crippen LogP) is 2.37. The topological polar surface area (TPSA) is 23.6 Å². The molecular formula is C14H28N2O. The van der Waals surface area contributed by atoms with Crippen LogP contribution in [0.15, 0.2) is 0 Å². The zero-order chi connectivity index (χ0) is 13.1. The number of piperidine rings is 1. The summed E-state index contributed by atoms with van der Waals surface area (Å²) in [7, 11) is 4.17. The van der Waals surface area contributed by atoms with Crippen molar-refractivity contribution in [3.8, 4) is 0 Å². The summed E-state index contributed by atoms with van der Waals surface area (Å²) in [5.41, 5.74) is 0.0748. The van der Waals surface area contributed by atoms with Crippen LogP contribution in [0.5, 0.6) is 0 Å². The summed E-state index contributed by atoms with van der Waals surface area (Å²) in [5, 5.41) is 0. The second kappa shape index (κ2) is 5.85. The van der Waals surface area contributed by atoms with E-state index in [9.17, 15) is 4.79 Å². The van der Waals surface area contributed by atoms with Gasteiger partial charge in [0.15, 0.2) is 0 Å². The molecule has 1 atom stereocenters. The van der Waals surface area contributed by atoms with Crippen molar-refractivity contribution < 1.29 is 4.79 Å². The molecule has 0 N–H and O–H groups in total. The van der Waals surface area contributed by atoms with E-state index < -0.39 is 0 Å². The third kappa shape index (κ3) is 3.70. The van der Waals surface area contributed by atoms with Crippen LogP contribution in [0.25, 0.3) is 0 Å². The van der Waals surface area contributed by atoms with Crippen LogP contribution >= 0.6 is 0 Å². The van der Waals surface area contributed by atoms with E-state index in [1.807, 2.05) is 4.90 Å². The normalized spacial score (nSPS) is 19.5. The molecule has 0 bridgehead atoms. The Kier molecular flexibility index (Phi) is 4.99. The van der Waals surface area contributed by atoms with Crippen LogP contribution in [-0.4, -0.2) is 48.4 Å². The minimum absolute atomic E-state index is 0.0748. The molecule has 100 valence electrons. The van der Waals surface area contributed by atoms with Gasteiger partial charge in [-0.2, -0.15) is 0 Å². The van der Waals surface area contributed by atoms with Crippen LogP contribution in [0.3, 0.4) is 0 Å². The Morgan fingerprint density at radius 3 is 2.24 bits per heavy atom. The lowest BCUT2D eigenvalue weighted by Crippen LogP contribution is -2.46. The third-order valence-electron chi connectivity index (χ3n) is 4.55. The molecule has 3 nitrogen and oxygen atoms in total. The van der Waals surface area contributed by atoms with Gasteiger partial charge in [-0.1, -0.05) is 6.92 Å². The summed E-state index contributed by atoms with van der Waals surface area (Å²) in [6.45, 7) is 8.53. The van der Waals surface area contributed by atoms with Gasteiger partial charge in [-0.15, -0.1) is 0 Å². The van der Waals surface area contributed by atoms with Crippen molar-refractivity contribution in [2.45, 2.75) is 52.0 Å². The summed E-state index contributed by atoms with van der Waals surface area (Å²) >= 11 is 0. The first-order chi connectivity index (χ1) is 7.85. The Morgan fingerprint density at radius 1 is 1.24 bits per heavy atom. The van der Waals surface area contributed by atoms with Crippen LogP contribution in [0.4, 0.5) is 0 Å². The lowest BCUT2D eigenvalue weighted by Gasteiger charge is -2.39. The molecule has 1 amide bonds. The molecule has 1 unspecified atom stereocenters. The van der Waals surface area contributed by atoms with Gasteiger partial charge in [0, 0.05) is 25.0 Å². The van der Waals surface area contributed by atoms with Crippen LogP contribution < -0.4 is 0 Å². The van der Waals surface area contributed by atoms with Crippen LogP contribution in [0.2, 0.25) is 0 Å². The quantitative estimate of drug-likeness (QED) is 0.753. The van der Waals surface area contributed by atoms with Gasteiger partial charge in [-0.25, -0.2) is 0 Å². The zero-order valence-electron chi connectivity index (χ0n) is 12.1. The van der Waals surface area contributed by atoms with E-state index in [4.69, 9.17) is 0 Å². The molecule has 0 saturated carbocycles. The zero-order valence-corrected chi connectivity index (χ0v) is 12.1. The number of hydrogen-bond donors (Lipinski definition) is 0. The second-order valence-corrected chi connectivity index (χ2v) is 6.09. The Labute approximate surface area is 106 Å². The van der Waals surface area contributed by atoms with E-state index in [0.29, 0.717) is 18.2 Å². The highest BCUT2D eigenvalue weighted by molar-refractivity contribution is 5.76. The average Bonchev–Trinajstić information content (AvgIpc) is 2.29. The predicted molar refractivity (Wildman–Crippen MR) is 72.0 cm³/mol. The molecule has 3 heteroatoms. The van der Waals surface area contributed by atoms with Gasteiger partial charge in [-0.05, 0) is 53.1 Å². The molecule has 0 aromatic rings. The van der Waals surface area contributed by atoms with Gasteiger partial charge in [0.25, 0.3) is 0 Å². The maximum absolute atomic E-state index is 12.2. The number of carbonyl (C=O) groups excluding carboxylic acids is 1. The summed E-state index contributed by atoms with van der Waals surface area (Å²) in [6, 6.07) is 0. The first kappa shape index (κ1) is 14.5. The Morgan fingerprint density at radius 2 is 1.76 bits per heavy atom. The van der Waals surface area contributed by atoms with E-state index in [0.717, 1.165) is 13.1 Å². The van der Waals surface area contributed by atoms with Crippen molar-refractivity contribution in [1.82, 2.24) is 9.80 Å². The summed E-state index contributed by atoms with van der Waals surface area (Å²) < 4.78 is 0. The molecule has 17 heavy (non-hydrogen) atoms. The Bertz CT molecular complexity index is 255. The highest BCUT2D eigenvalue weighted by Crippen LogP contribution is 2.25. The maximum Gasteiger partial charge on any atom is 0.222 e. The lowest BCUT2D eigenvalue weighted by atomic mass is 9.85. The van der Waals surface area contributed by atoms with Crippen molar-refractivity contribution in [2.75, 3.05) is 27.2 Å². The van der Waals surface area contributed by atoms with Crippen molar-refractivity contribution in [1.29, 1.82) is 0 Å². The van der Waals surface area contributed by atoms with Crippen molar-refractivity contribution in [3.63, 3.8) is 0 Å². The summed E-state index contributed by atoms with van der Waals surface area (Å²) in [5.74, 6) is 0.721. The van der Waals surface area contributed by atoms with Gasteiger partial charge in [0.05, 0.1) is 0 Å². The molecule has 0 radical (unpaired) electrons. The Balaban J connectivity index is 2.50. The van der Waals surface area contributed by atoms with Crippen molar-refractivity contribution >= 4 is 5.91 Å². The first-order valence-electron chi connectivity index (χ1n) is 6.81. The van der Waals surface area contributed by atoms with Crippen LogP contribution in [0, 0.1) is 5.92 Å². The second-order valence-electron chi connectivity index (χ2n) is 6.09. The number of rotatable bonds is 4. The Hall–Kier alpha value is -0.570. The maximum atomic E-state index is 12.2. The molecule has 0 aromatic carbocycles. The number of likely N-dealkylation sites (tertiary alicyclic amines) is 1. The molecule has 1 fully saturated rings. The fourth-order valence-corrected chi connectivity index (χ4v) is 2.22. The minimum atomic E-state index is 0.0748. The molecule has 0 aromatic heterocycles. The van der Waals surface area contributed by atoms with Gasteiger partial charge in [0.1, 0.15) is 0 Å². The molecule has 0 spiro atoms. The van der Waals surface area contributed by atoms with Crippen molar-refractivity contribution in [3.05, 3.63) is 0 Å². The highest BCUT2D eigenvalue weighted by atomic mass is 16.2. The molecular weight excluding hydrogens is 212 g/mol. The summed E-state index contributed by atoms with van der Waals surface area (Å²) in [4.78, 5) is 16.4. The molecule has 1 saturated heterocycles. The fraction of sp³-hybridized carbons (Fsp3) is 0.929. The smallest absolute Gasteiger partial charge is 0.222 e. The number of carbonyl (C=O) groups is 1. The lowest BCUT2D eigenvalue weighted by molar-refractivity contribution is -0.134. The van der Waals surface area contributed by atoms with E-state index in [1.54, 1.807) is 0 Å². The SMILES string of the molecule is CC(CC(=O)N1CCCCC1)C(C)(C)N(C)C. The number of amides is 1. The monoisotopic (exact) mass is 240 g/mol. The molecule has 0 aliphatic carbocycles. The number of hydrogen-bond acceptors (Lipinski definition) is 2. The molecule has 1 rings (SSSR count). The van der Waals surface area contributed by atoms with Gasteiger partial charge < -0.3 is 9.80 Å². The third-order valence-corrected chi connectivity index (χ3v) is 4.55. The van der Waals surface area contributed by atoms with Gasteiger partial charge in [-0.3, -0.25) is 4.79 Å². The van der Waals surface area contributed by atoms with Crippen molar-refractivity contribution in [2.24, 2.45) is 5.92 Å². The first-order valence-corrected chi connectivity index (χ1v) is 6.81. The van der Waals surface area contributed by atoms with Crippen LogP contribution in [0.1, 0.15) is 46.5 Å². The van der Waals surface area contributed by atoms with Gasteiger partial charge >= 0.3 is 0 Å². The molecule has 1 aliphatic rings. The average molecular weight is 240 g/mol. The minimum Gasteiger partial charge on any atom is -0.343 e. The highest BCUT2D eigenvalue weighted by Gasteiger charge is 2.31. The summed E-state index contributed by atoms with van der Waals surface area (Å²) in [6.07, 6.45) is 4.31. The van der Waals surface area contributed by atoms with Gasteiger partial charge in [0.2, 0.25) is 5.91 Å². The van der Waals surface area contributed by atoms with Crippen LogP contribution in [-0.2, 0) is 4.79 Å². The van der Waals surface area contributed by atoms with E-state index in [-0.39, 0.29) is 5.54 Å². The fourth-order valence-electron chi connectivity index (χ4n) is 2.22. The number of nitrogens with zero attached hydrogens (tertiary/aromatic N) is 2. The molecule has 1 heterocycles. The standard InChI is InChI=1S/C14H28N2O/c1-12(14(2,3)15(4)5)11-13(17)16-9-7-6-8-10-16/h12H,6-11H2,1-5H3. The van der Waals surface area contributed by atoms with E-state index in [1.165, 1.54) is 19.3 Å². The van der Waals surface area contributed by atoms with E-state index in [2.05, 4.69) is 39.8 Å². The largest absolute Gasteiger partial charge is 0.343 e.